The Labute approximate surface area is 111 Å². The smallest absolute Gasteiger partial charge is 0.0703 e. The van der Waals surface area contributed by atoms with E-state index in [1.54, 1.807) is 0 Å². The van der Waals surface area contributed by atoms with Gasteiger partial charge in [-0.3, -0.25) is 0 Å². The molecule has 1 aliphatic rings. The molecular weight excluding hydrogens is 276 g/mol. The molecular formula is C14H17BrN2. The zero-order valence-corrected chi connectivity index (χ0v) is 11.5. The van der Waals surface area contributed by atoms with E-state index in [-0.39, 0.29) is 5.41 Å². The fourth-order valence-electron chi connectivity index (χ4n) is 2.18. The zero-order valence-electron chi connectivity index (χ0n) is 9.88. The van der Waals surface area contributed by atoms with Gasteiger partial charge in [0.1, 0.15) is 0 Å². The molecule has 1 saturated carbocycles. The van der Waals surface area contributed by atoms with Crippen LogP contribution in [0.4, 0.5) is 0 Å². The molecule has 0 atom stereocenters. The van der Waals surface area contributed by atoms with Crippen molar-refractivity contribution in [2.24, 2.45) is 5.41 Å². The van der Waals surface area contributed by atoms with Crippen LogP contribution in [0, 0.1) is 16.7 Å². The lowest BCUT2D eigenvalue weighted by Gasteiger charge is -2.35. The van der Waals surface area contributed by atoms with Crippen LogP contribution in [0.3, 0.4) is 0 Å². The van der Waals surface area contributed by atoms with E-state index in [9.17, 15) is 0 Å². The molecule has 0 saturated heterocycles. The predicted octanol–water partition coefficient (Wildman–Crippen LogP) is 3.28. The maximum atomic E-state index is 9.09. The van der Waals surface area contributed by atoms with Crippen LogP contribution in [0.1, 0.15) is 24.8 Å². The second-order valence-electron chi connectivity index (χ2n) is 4.80. The molecule has 0 unspecified atom stereocenters. The van der Waals surface area contributed by atoms with Crippen LogP contribution in [0.15, 0.2) is 28.7 Å². The van der Waals surface area contributed by atoms with E-state index >= 15 is 0 Å². The predicted molar refractivity (Wildman–Crippen MR) is 72.6 cm³/mol. The summed E-state index contributed by atoms with van der Waals surface area (Å²) in [6.07, 6.45) is 4.35. The Bertz CT molecular complexity index is 418. The van der Waals surface area contributed by atoms with Crippen molar-refractivity contribution in [1.82, 2.24) is 5.32 Å². The first-order valence-corrected chi connectivity index (χ1v) is 6.90. The van der Waals surface area contributed by atoms with Crippen molar-refractivity contribution in [3.8, 4) is 6.07 Å². The summed E-state index contributed by atoms with van der Waals surface area (Å²) in [6.45, 7) is 1.79. The monoisotopic (exact) mass is 292 g/mol. The highest BCUT2D eigenvalue weighted by Gasteiger charge is 2.36. The first-order valence-electron chi connectivity index (χ1n) is 6.11. The lowest BCUT2D eigenvalue weighted by Crippen LogP contribution is -2.39. The van der Waals surface area contributed by atoms with E-state index in [2.05, 4.69) is 45.5 Å². The van der Waals surface area contributed by atoms with E-state index in [0.29, 0.717) is 0 Å². The molecule has 0 heterocycles. The van der Waals surface area contributed by atoms with Gasteiger partial charge in [-0.15, -0.1) is 0 Å². The summed E-state index contributed by atoms with van der Waals surface area (Å²) in [5.74, 6) is 0. The van der Waals surface area contributed by atoms with Gasteiger partial charge >= 0.3 is 0 Å². The fourth-order valence-corrected chi connectivity index (χ4v) is 2.63. The summed E-state index contributed by atoms with van der Waals surface area (Å²) >= 11 is 3.47. The molecule has 0 bridgehead atoms. The average Bonchev–Trinajstić information content (AvgIpc) is 2.27. The summed E-state index contributed by atoms with van der Waals surface area (Å²) in [7, 11) is 0. The first kappa shape index (κ1) is 12.6. The normalized spacial score (nSPS) is 17.2. The second kappa shape index (κ2) is 5.66. The highest BCUT2D eigenvalue weighted by atomic mass is 79.9. The molecule has 90 valence electrons. The highest BCUT2D eigenvalue weighted by molar-refractivity contribution is 9.10. The van der Waals surface area contributed by atoms with Crippen molar-refractivity contribution in [2.75, 3.05) is 13.1 Å². The lowest BCUT2D eigenvalue weighted by molar-refractivity contribution is 0.208. The summed E-state index contributed by atoms with van der Waals surface area (Å²) in [6, 6.07) is 10.8. The Morgan fingerprint density at radius 2 is 2.24 bits per heavy atom. The fraction of sp³-hybridized carbons (Fsp3) is 0.500. The van der Waals surface area contributed by atoms with Crippen molar-refractivity contribution < 1.29 is 0 Å². The minimum atomic E-state index is -0.0583. The Kier molecular flexibility index (Phi) is 4.20. The molecule has 1 aromatic carbocycles. The van der Waals surface area contributed by atoms with Crippen LogP contribution in [-0.2, 0) is 6.42 Å². The van der Waals surface area contributed by atoms with Gasteiger partial charge in [-0.25, -0.2) is 0 Å². The average molecular weight is 293 g/mol. The SMILES string of the molecule is N#CC1(CNCCc2cccc(Br)c2)CCC1. The minimum Gasteiger partial charge on any atom is -0.315 e. The molecule has 1 aromatic rings. The maximum Gasteiger partial charge on any atom is 0.0703 e. The minimum absolute atomic E-state index is 0.0583. The molecule has 0 radical (unpaired) electrons. The molecule has 17 heavy (non-hydrogen) atoms. The number of nitriles is 1. The Hall–Kier alpha value is -0.850. The number of halogens is 1. The summed E-state index contributed by atoms with van der Waals surface area (Å²) in [4.78, 5) is 0. The summed E-state index contributed by atoms with van der Waals surface area (Å²) in [5.41, 5.74) is 1.27. The van der Waals surface area contributed by atoms with Gasteiger partial charge in [-0.1, -0.05) is 34.5 Å². The van der Waals surface area contributed by atoms with E-state index in [0.717, 1.165) is 36.8 Å². The van der Waals surface area contributed by atoms with E-state index in [1.807, 2.05) is 6.07 Å². The van der Waals surface area contributed by atoms with Gasteiger partial charge in [-0.05, 0) is 43.5 Å². The number of nitrogens with zero attached hydrogens (tertiary/aromatic N) is 1. The summed E-state index contributed by atoms with van der Waals surface area (Å²) in [5, 5.41) is 12.5. The highest BCUT2D eigenvalue weighted by Crippen LogP contribution is 2.39. The molecule has 1 aliphatic carbocycles. The van der Waals surface area contributed by atoms with Crippen LogP contribution in [0.25, 0.3) is 0 Å². The molecule has 0 aliphatic heterocycles. The van der Waals surface area contributed by atoms with Crippen molar-refractivity contribution in [3.63, 3.8) is 0 Å². The molecule has 1 fully saturated rings. The first-order chi connectivity index (χ1) is 8.24. The summed E-state index contributed by atoms with van der Waals surface area (Å²) < 4.78 is 1.13. The van der Waals surface area contributed by atoms with Crippen molar-refractivity contribution >= 4 is 15.9 Å². The lowest BCUT2D eigenvalue weighted by atomic mass is 9.70. The molecule has 0 amide bonds. The van der Waals surface area contributed by atoms with Gasteiger partial charge in [-0.2, -0.15) is 5.26 Å². The van der Waals surface area contributed by atoms with Crippen molar-refractivity contribution in [1.29, 1.82) is 5.26 Å². The number of benzene rings is 1. The molecule has 0 aromatic heterocycles. The van der Waals surface area contributed by atoms with Crippen LogP contribution in [0.2, 0.25) is 0 Å². The van der Waals surface area contributed by atoms with Gasteiger partial charge in [0.05, 0.1) is 11.5 Å². The number of nitrogens with one attached hydrogen (secondary N) is 1. The van der Waals surface area contributed by atoms with Gasteiger partial charge in [0.2, 0.25) is 0 Å². The van der Waals surface area contributed by atoms with E-state index in [1.165, 1.54) is 12.0 Å². The zero-order chi connectivity index (χ0) is 12.1. The Morgan fingerprint density at radius 1 is 1.41 bits per heavy atom. The van der Waals surface area contributed by atoms with Gasteiger partial charge in [0.15, 0.2) is 0 Å². The van der Waals surface area contributed by atoms with Gasteiger partial charge in [0.25, 0.3) is 0 Å². The van der Waals surface area contributed by atoms with Crippen LogP contribution in [0.5, 0.6) is 0 Å². The van der Waals surface area contributed by atoms with E-state index in [4.69, 9.17) is 5.26 Å². The van der Waals surface area contributed by atoms with Crippen molar-refractivity contribution in [2.45, 2.75) is 25.7 Å². The third-order valence-corrected chi connectivity index (χ3v) is 3.98. The second-order valence-corrected chi connectivity index (χ2v) is 5.72. The Morgan fingerprint density at radius 3 is 2.82 bits per heavy atom. The molecule has 0 spiro atoms. The third-order valence-electron chi connectivity index (χ3n) is 3.49. The molecule has 3 heteroatoms. The van der Waals surface area contributed by atoms with E-state index < -0.39 is 0 Å². The molecule has 2 rings (SSSR count). The van der Waals surface area contributed by atoms with Gasteiger partial charge < -0.3 is 5.32 Å². The number of hydrogen-bond acceptors (Lipinski definition) is 2. The standard InChI is InChI=1S/C14H17BrN2/c15-13-4-1-3-12(9-13)5-8-17-11-14(10-16)6-2-7-14/h1,3-4,9,17H,2,5-8,11H2. The quantitative estimate of drug-likeness (QED) is 0.846. The number of rotatable bonds is 5. The molecule has 2 nitrogen and oxygen atoms in total. The Balaban J connectivity index is 1.72. The topological polar surface area (TPSA) is 35.8 Å². The maximum absolute atomic E-state index is 9.09. The van der Waals surface area contributed by atoms with Crippen LogP contribution >= 0.6 is 15.9 Å². The molecule has 1 N–H and O–H groups in total. The van der Waals surface area contributed by atoms with Crippen LogP contribution in [-0.4, -0.2) is 13.1 Å². The number of hydrogen-bond donors (Lipinski definition) is 1. The van der Waals surface area contributed by atoms with Crippen LogP contribution < -0.4 is 5.32 Å². The largest absolute Gasteiger partial charge is 0.315 e. The van der Waals surface area contributed by atoms with Crippen molar-refractivity contribution in [3.05, 3.63) is 34.3 Å². The third kappa shape index (κ3) is 3.31. The van der Waals surface area contributed by atoms with Gasteiger partial charge in [0, 0.05) is 11.0 Å².